The van der Waals surface area contributed by atoms with Gasteiger partial charge in [0, 0.05) is 11.8 Å². The third kappa shape index (κ3) is 3.71. The van der Waals surface area contributed by atoms with Crippen LogP contribution < -0.4 is 24.3 Å². The minimum atomic E-state index is -0.645. The summed E-state index contributed by atoms with van der Waals surface area (Å²) >= 11 is 0. The number of anilines is 1. The van der Waals surface area contributed by atoms with Crippen molar-refractivity contribution in [2.75, 3.05) is 18.7 Å². The van der Waals surface area contributed by atoms with Crippen molar-refractivity contribution in [1.82, 2.24) is 0 Å². The fraction of sp³-hybridized carbons (Fsp3) is 0.278. The fourth-order valence-electron chi connectivity index (χ4n) is 2.26. The van der Waals surface area contributed by atoms with Gasteiger partial charge in [-0.05, 0) is 50.2 Å². The van der Waals surface area contributed by atoms with E-state index in [1.165, 1.54) is 0 Å². The molecule has 6 nitrogen and oxygen atoms in total. The van der Waals surface area contributed by atoms with Gasteiger partial charge < -0.3 is 24.3 Å². The third-order valence-electron chi connectivity index (χ3n) is 3.46. The van der Waals surface area contributed by atoms with E-state index in [0.717, 1.165) is 5.75 Å². The summed E-state index contributed by atoms with van der Waals surface area (Å²) in [6.45, 7) is 4.42. The Kier molecular flexibility index (Phi) is 4.74. The van der Waals surface area contributed by atoms with Gasteiger partial charge >= 0.3 is 0 Å². The van der Waals surface area contributed by atoms with Crippen LogP contribution in [0.3, 0.4) is 0 Å². The second-order valence-electron chi connectivity index (χ2n) is 5.22. The molecule has 1 unspecified atom stereocenters. The van der Waals surface area contributed by atoms with Crippen molar-refractivity contribution in [3.63, 3.8) is 0 Å². The third-order valence-corrected chi connectivity index (χ3v) is 3.46. The van der Waals surface area contributed by atoms with Crippen molar-refractivity contribution in [1.29, 1.82) is 0 Å². The highest BCUT2D eigenvalue weighted by Gasteiger charge is 2.18. The van der Waals surface area contributed by atoms with E-state index < -0.39 is 6.10 Å². The van der Waals surface area contributed by atoms with E-state index in [1.54, 1.807) is 49.4 Å². The lowest BCUT2D eigenvalue weighted by Crippen LogP contribution is -2.30. The molecular formula is C18H19NO5. The maximum Gasteiger partial charge on any atom is 0.265 e. The van der Waals surface area contributed by atoms with Gasteiger partial charge in [-0.15, -0.1) is 0 Å². The van der Waals surface area contributed by atoms with Gasteiger partial charge in [-0.1, -0.05) is 0 Å². The summed E-state index contributed by atoms with van der Waals surface area (Å²) in [5.41, 5.74) is 0.631. The van der Waals surface area contributed by atoms with Crippen molar-refractivity contribution in [3.05, 3.63) is 42.5 Å². The predicted octanol–water partition coefficient (Wildman–Crippen LogP) is 3.22. The van der Waals surface area contributed by atoms with E-state index in [4.69, 9.17) is 18.9 Å². The first-order chi connectivity index (χ1) is 11.7. The van der Waals surface area contributed by atoms with Crippen LogP contribution in [0.2, 0.25) is 0 Å². The highest BCUT2D eigenvalue weighted by Crippen LogP contribution is 2.34. The minimum Gasteiger partial charge on any atom is -0.494 e. The van der Waals surface area contributed by atoms with Crippen LogP contribution in [0.25, 0.3) is 0 Å². The molecule has 0 saturated heterocycles. The van der Waals surface area contributed by atoms with Crippen molar-refractivity contribution in [3.8, 4) is 23.0 Å². The van der Waals surface area contributed by atoms with Gasteiger partial charge in [0.15, 0.2) is 17.6 Å². The summed E-state index contributed by atoms with van der Waals surface area (Å²) in [5.74, 6) is 2.41. The zero-order valence-electron chi connectivity index (χ0n) is 13.6. The molecule has 1 aliphatic heterocycles. The molecule has 3 rings (SSSR count). The molecule has 2 aromatic rings. The number of hydrogen-bond donors (Lipinski definition) is 1. The zero-order chi connectivity index (χ0) is 16.9. The number of carbonyl (C=O) groups excluding carboxylic acids is 1. The van der Waals surface area contributed by atoms with E-state index in [9.17, 15) is 4.79 Å². The molecule has 0 radical (unpaired) electrons. The molecule has 2 aromatic carbocycles. The first-order valence-corrected chi connectivity index (χ1v) is 7.75. The molecule has 1 aliphatic rings. The van der Waals surface area contributed by atoms with Crippen LogP contribution in [0.15, 0.2) is 42.5 Å². The number of nitrogens with one attached hydrogen (secondary N) is 1. The number of ether oxygens (including phenoxy) is 4. The average Bonchev–Trinajstić information content (AvgIpc) is 3.04. The summed E-state index contributed by atoms with van der Waals surface area (Å²) in [5, 5.41) is 2.80. The zero-order valence-corrected chi connectivity index (χ0v) is 13.6. The average molecular weight is 329 g/mol. The molecular weight excluding hydrogens is 310 g/mol. The van der Waals surface area contributed by atoms with Crippen LogP contribution in [0.4, 0.5) is 5.69 Å². The molecule has 6 heteroatoms. The largest absolute Gasteiger partial charge is 0.494 e. The molecule has 24 heavy (non-hydrogen) atoms. The number of fused-ring (bicyclic) bond motifs is 1. The van der Waals surface area contributed by atoms with Crippen molar-refractivity contribution >= 4 is 11.6 Å². The summed E-state index contributed by atoms with van der Waals surface area (Å²) in [4.78, 5) is 12.3. The van der Waals surface area contributed by atoms with Gasteiger partial charge in [-0.25, -0.2) is 0 Å². The highest BCUT2D eigenvalue weighted by molar-refractivity contribution is 5.94. The molecule has 1 amide bonds. The Bertz CT molecular complexity index is 714. The summed E-state index contributed by atoms with van der Waals surface area (Å²) < 4.78 is 21.6. The summed E-state index contributed by atoms with van der Waals surface area (Å²) in [7, 11) is 0. The Morgan fingerprint density at radius 2 is 1.83 bits per heavy atom. The van der Waals surface area contributed by atoms with Gasteiger partial charge in [0.2, 0.25) is 6.79 Å². The quantitative estimate of drug-likeness (QED) is 0.881. The lowest BCUT2D eigenvalue weighted by molar-refractivity contribution is -0.122. The predicted molar refractivity (Wildman–Crippen MR) is 88.9 cm³/mol. The standard InChI is InChI=1S/C18H19NO5/c1-3-21-14-5-7-15(8-6-14)24-12(2)18(20)19-13-4-9-16-17(10-13)23-11-22-16/h4-10,12H,3,11H2,1-2H3,(H,19,20). The Balaban J connectivity index is 1.58. The van der Waals surface area contributed by atoms with Crippen LogP contribution in [0, 0.1) is 0 Å². The first-order valence-electron chi connectivity index (χ1n) is 7.75. The number of rotatable bonds is 6. The number of amides is 1. The van der Waals surface area contributed by atoms with Gasteiger partial charge in [0.05, 0.1) is 6.61 Å². The molecule has 126 valence electrons. The Morgan fingerprint density at radius 1 is 1.12 bits per heavy atom. The molecule has 0 spiro atoms. The Hall–Kier alpha value is -2.89. The maximum atomic E-state index is 12.3. The molecule has 1 atom stereocenters. The second kappa shape index (κ2) is 7.12. The second-order valence-corrected chi connectivity index (χ2v) is 5.22. The summed E-state index contributed by atoms with van der Waals surface area (Å²) in [6, 6.07) is 12.4. The lowest BCUT2D eigenvalue weighted by atomic mass is 10.2. The SMILES string of the molecule is CCOc1ccc(OC(C)C(=O)Nc2ccc3c(c2)OCO3)cc1. The molecule has 1 N–H and O–H groups in total. The molecule has 1 heterocycles. The van der Waals surface area contributed by atoms with E-state index in [0.29, 0.717) is 29.5 Å². The van der Waals surface area contributed by atoms with Crippen LogP contribution in [0.1, 0.15) is 13.8 Å². The minimum absolute atomic E-state index is 0.198. The van der Waals surface area contributed by atoms with Crippen molar-refractivity contribution in [2.45, 2.75) is 20.0 Å². The lowest BCUT2D eigenvalue weighted by Gasteiger charge is -2.15. The fourth-order valence-corrected chi connectivity index (χ4v) is 2.26. The van der Waals surface area contributed by atoms with Gasteiger partial charge in [0.1, 0.15) is 11.5 Å². The van der Waals surface area contributed by atoms with E-state index in [2.05, 4.69) is 5.32 Å². The van der Waals surface area contributed by atoms with Crippen LogP contribution in [-0.4, -0.2) is 25.4 Å². The smallest absolute Gasteiger partial charge is 0.265 e. The van der Waals surface area contributed by atoms with E-state index >= 15 is 0 Å². The molecule has 0 aromatic heterocycles. The van der Waals surface area contributed by atoms with Crippen molar-refractivity contribution < 1.29 is 23.7 Å². The maximum absolute atomic E-state index is 12.3. The number of hydrogen-bond acceptors (Lipinski definition) is 5. The van der Waals surface area contributed by atoms with Gasteiger partial charge in [-0.3, -0.25) is 4.79 Å². The highest BCUT2D eigenvalue weighted by atomic mass is 16.7. The molecule has 0 aliphatic carbocycles. The summed E-state index contributed by atoms with van der Waals surface area (Å²) in [6.07, 6.45) is -0.645. The van der Waals surface area contributed by atoms with Crippen LogP contribution in [-0.2, 0) is 4.79 Å². The Labute approximate surface area is 140 Å². The van der Waals surface area contributed by atoms with Crippen molar-refractivity contribution in [2.24, 2.45) is 0 Å². The van der Waals surface area contributed by atoms with Gasteiger partial charge in [-0.2, -0.15) is 0 Å². The number of benzene rings is 2. The molecule has 0 bridgehead atoms. The van der Waals surface area contributed by atoms with Crippen LogP contribution >= 0.6 is 0 Å². The van der Waals surface area contributed by atoms with E-state index in [-0.39, 0.29) is 12.7 Å². The molecule has 0 saturated carbocycles. The monoisotopic (exact) mass is 329 g/mol. The van der Waals surface area contributed by atoms with E-state index in [1.807, 2.05) is 6.92 Å². The first kappa shape index (κ1) is 16.0. The molecule has 0 fully saturated rings. The number of carbonyl (C=O) groups is 1. The topological polar surface area (TPSA) is 66.0 Å². The van der Waals surface area contributed by atoms with Gasteiger partial charge in [0.25, 0.3) is 5.91 Å². The normalized spacial score (nSPS) is 13.2. The van der Waals surface area contributed by atoms with Crippen LogP contribution in [0.5, 0.6) is 23.0 Å². The Morgan fingerprint density at radius 3 is 2.58 bits per heavy atom.